The van der Waals surface area contributed by atoms with E-state index < -0.39 is 10.2 Å². The SMILES string of the molecule is NCC1CCCN(S(=O)(=O)NC2CC3CCC2C3)C1. The molecule has 1 saturated heterocycles. The lowest BCUT2D eigenvalue weighted by atomic mass is 9.96. The Morgan fingerprint density at radius 3 is 2.68 bits per heavy atom. The Kier molecular flexibility index (Phi) is 3.86. The second kappa shape index (κ2) is 5.31. The van der Waals surface area contributed by atoms with Crippen molar-refractivity contribution >= 4 is 10.2 Å². The van der Waals surface area contributed by atoms with Crippen molar-refractivity contribution in [3.8, 4) is 0 Å². The summed E-state index contributed by atoms with van der Waals surface area (Å²) >= 11 is 0. The van der Waals surface area contributed by atoms with Gasteiger partial charge >= 0.3 is 0 Å². The molecule has 6 heteroatoms. The molecule has 1 aliphatic heterocycles. The third-order valence-electron chi connectivity index (χ3n) is 5.19. The highest BCUT2D eigenvalue weighted by Gasteiger charge is 2.42. The molecule has 0 aromatic heterocycles. The minimum Gasteiger partial charge on any atom is -0.330 e. The first kappa shape index (κ1) is 13.8. The molecule has 0 radical (unpaired) electrons. The molecule has 3 fully saturated rings. The van der Waals surface area contributed by atoms with Gasteiger partial charge in [-0.2, -0.15) is 17.4 Å². The zero-order valence-electron chi connectivity index (χ0n) is 11.4. The first-order valence-corrected chi connectivity index (χ1v) is 9.00. The summed E-state index contributed by atoms with van der Waals surface area (Å²) in [7, 11) is -3.30. The van der Waals surface area contributed by atoms with Gasteiger partial charge in [0, 0.05) is 19.1 Å². The molecule has 3 N–H and O–H groups in total. The van der Waals surface area contributed by atoms with Crippen LogP contribution in [0.3, 0.4) is 0 Å². The van der Waals surface area contributed by atoms with Crippen molar-refractivity contribution in [3.63, 3.8) is 0 Å². The van der Waals surface area contributed by atoms with Gasteiger partial charge in [0.25, 0.3) is 10.2 Å². The minimum atomic E-state index is -3.30. The fourth-order valence-corrected chi connectivity index (χ4v) is 5.69. The summed E-state index contributed by atoms with van der Waals surface area (Å²) in [5, 5.41) is 0. The summed E-state index contributed by atoms with van der Waals surface area (Å²) in [6, 6.07) is 0.182. The summed E-state index contributed by atoms with van der Waals surface area (Å²) in [5.41, 5.74) is 5.68. The number of piperidine rings is 1. The lowest BCUT2D eigenvalue weighted by molar-refractivity contribution is 0.264. The Morgan fingerprint density at radius 2 is 2.05 bits per heavy atom. The predicted molar refractivity (Wildman–Crippen MR) is 74.6 cm³/mol. The molecule has 4 unspecified atom stereocenters. The van der Waals surface area contributed by atoms with Crippen molar-refractivity contribution in [2.45, 2.75) is 44.6 Å². The Morgan fingerprint density at radius 1 is 1.21 bits per heavy atom. The molecule has 0 amide bonds. The molecule has 0 spiro atoms. The summed E-state index contributed by atoms with van der Waals surface area (Å²) in [6.45, 7) is 1.82. The Labute approximate surface area is 116 Å². The lowest BCUT2D eigenvalue weighted by Crippen LogP contribution is -2.50. The smallest absolute Gasteiger partial charge is 0.279 e. The Bertz CT molecular complexity index is 426. The van der Waals surface area contributed by atoms with E-state index in [4.69, 9.17) is 5.73 Å². The van der Waals surface area contributed by atoms with Crippen LogP contribution in [-0.2, 0) is 10.2 Å². The largest absolute Gasteiger partial charge is 0.330 e. The molecule has 5 nitrogen and oxygen atoms in total. The molecular weight excluding hydrogens is 262 g/mol. The van der Waals surface area contributed by atoms with Gasteiger partial charge in [-0.15, -0.1) is 0 Å². The maximum Gasteiger partial charge on any atom is 0.279 e. The monoisotopic (exact) mass is 287 g/mol. The number of fused-ring (bicyclic) bond motifs is 2. The molecule has 3 rings (SSSR count). The summed E-state index contributed by atoms with van der Waals surface area (Å²) in [5.74, 6) is 1.66. The molecule has 110 valence electrons. The first-order valence-electron chi connectivity index (χ1n) is 7.56. The molecule has 0 aromatic carbocycles. The van der Waals surface area contributed by atoms with E-state index in [1.54, 1.807) is 4.31 Å². The van der Waals surface area contributed by atoms with Crippen molar-refractivity contribution in [1.29, 1.82) is 0 Å². The molecule has 2 bridgehead atoms. The molecule has 3 aliphatic rings. The average molecular weight is 287 g/mol. The van der Waals surface area contributed by atoms with E-state index in [0.29, 0.717) is 31.5 Å². The standard InChI is InChI=1S/C13H25N3O2S/c14-8-11-2-1-5-16(9-11)19(17,18)15-13-7-10-3-4-12(13)6-10/h10-13,15H,1-9,14H2. The number of rotatable bonds is 4. The fraction of sp³-hybridized carbons (Fsp3) is 1.00. The molecule has 2 aliphatic carbocycles. The van der Waals surface area contributed by atoms with Gasteiger partial charge in [0.05, 0.1) is 0 Å². The van der Waals surface area contributed by atoms with Gasteiger partial charge in [-0.1, -0.05) is 6.42 Å². The average Bonchev–Trinajstić information content (AvgIpc) is 3.00. The van der Waals surface area contributed by atoms with Gasteiger partial charge in [0.15, 0.2) is 0 Å². The van der Waals surface area contributed by atoms with Crippen molar-refractivity contribution in [3.05, 3.63) is 0 Å². The van der Waals surface area contributed by atoms with Crippen LogP contribution in [0.1, 0.15) is 38.5 Å². The maximum atomic E-state index is 12.5. The minimum absolute atomic E-state index is 0.182. The normalized spacial score (nSPS) is 39.8. The number of hydrogen-bond acceptors (Lipinski definition) is 3. The number of nitrogens with one attached hydrogen (secondary N) is 1. The summed E-state index contributed by atoms with van der Waals surface area (Å²) in [6.07, 6.45) is 6.73. The lowest BCUT2D eigenvalue weighted by Gasteiger charge is -2.33. The third kappa shape index (κ3) is 2.82. The highest BCUT2D eigenvalue weighted by atomic mass is 32.2. The van der Waals surface area contributed by atoms with E-state index >= 15 is 0 Å². The van der Waals surface area contributed by atoms with Gasteiger partial charge in [-0.05, 0) is 56.4 Å². The fourth-order valence-electron chi connectivity index (χ4n) is 4.09. The molecule has 1 heterocycles. The Balaban J connectivity index is 1.62. The number of hydrogen-bond donors (Lipinski definition) is 2. The van der Waals surface area contributed by atoms with E-state index in [9.17, 15) is 8.42 Å². The van der Waals surface area contributed by atoms with Crippen LogP contribution in [0, 0.1) is 17.8 Å². The highest BCUT2D eigenvalue weighted by molar-refractivity contribution is 7.87. The quantitative estimate of drug-likeness (QED) is 0.798. The number of nitrogens with two attached hydrogens (primary N) is 1. The van der Waals surface area contributed by atoms with Gasteiger partial charge in [0.1, 0.15) is 0 Å². The van der Waals surface area contributed by atoms with Crippen molar-refractivity contribution in [2.75, 3.05) is 19.6 Å². The van der Waals surface area contributed by atoms with E-state index in [2.05, 4.69) is 4.72 Å². The van der Waals surface area contributed by atoms with E-state index in [1.807, 2.05) is 0 Å². The van der Waals surface area contributed by atoms with Gasteiger partial charge < -0.3 is 5.73 Å². The van der Waals surface area contributed by atoms with Gasteiger partial charge in [0.2, 0.25) is 0 Å². The zero-order chi connectivity index (χ0) is 13.5. The molecule has 19 heavy (non-hydrogen) atoms. The van der Waals surface area contributed by atoms with Crippen LogP contribution < -0.4 is 10.5 Å². The van der Waals surface area contributed by atoms with Crippen molar-refractivity contribution in [1.82, 2.24) is 9.03 Å². The predicted octanol–water partition coefficient (Wildman–Crippen LogP) is 0.680. The first-order chi connectivity index (χ1) is 9.08. The third-order valence-corrected chi connectivity index (χ3v) is 6.81. The van der Waals surface area contributed by atoms with Gasteiger partial charge in [-0.3, -0.25) is 0 Å². The van der Waals surface area contributed by atoms with E-state index in [-0.39, 0.29) is 6.04 Å². The summed E-state index contributed by atoms with van der Waals surface area (Å²) < 4.78 is 29.5. The van der Waals surface area contributed by atoms with Crippen LogP contribution >= 0.6 is 0 Å². The number of nitrogens with zero attached hydrogens (tertiary/aromatic N) is 1. The molecule has 0 aromatic rings. The van der Waals surface area contributed by atoms with Crippen molar-refractivity contribution in [2.24, 2.45) is 23.5 Å². The van der Waals surface area contributed by atoms with Crippen LogP contribution in [0.15, 0.2) is 0 Å². The molecular formula is C13H25N3O2S. The maximum absolute atomic E-state index is 12.5. The van der Waals surface area contributed by atoms with Crippen LogP contribution in [0.25, 0.3) is 0 Å². The van der Waals surface area contributed by atoms with Crippen LogP contribution in [0.4, 0.5) is 0 Å². The van der Waals surface area contributed by atoms with E-state index in [0.717, 1.165) is 25.2 Å². The van der Waals surface area contributed by atoms with E-state index in [1.165, 1.54) is 19.3 Å². The zero-order valence-corrected chi connectivity index (χ0v) is 12.2. The summed E-state index contributed by atoms with van der Waals surface area (Å²) in [4.78, 5) is 0. The van der Waals surface area contributed by atoms with Crippen LogP contribution in [0.2, 0.25) is 0 Å². The highest BCUT2D eigenvalue weighted by Crippen LogP contribution is 2.44. The topological polar surface area (TPSA) is 75.4 Å². The van der Waals surface area contributed by atoms with Crippen LogP contribution in [-0.4, -0.2) is 38.4 Å². The van der Waals surface area contributed by atoms with Crippen LogP contribution in [0.5, 0.6) is 0 Å². The van der Waals surface area contributed by atoms with Crippen molar-refractivity contribution < 1.29 is 8.42 Å². The molecule has 2 saturated carbocycles. The van der Waals surface area contributed by atoms with Gasteiger partial charge in [-0.25, -0.2) is 0 Å². The Hall–Kier alpha value is -0.170. The molecule has 4 atom stereocenters. The second-order valence-electron chi connectivity index (χ2n) is 6.51. The second-order valence-corrected chi connectivity index (χ2v) is 8.21.